The number of hydrogen-bond acceptors (Lipinski definition) is 5. The van der Waals surface area contributed by atoms with Crippen molar-refractivity contribution < 1.29 is 9.90 Å². The zero-order valence-corrected chi connectivity index (χ0v) is 13.7. The van der Waals surface area contributed by atoms with Crippen molar-refractivity contribution in [3.63, 3.8) is 0 Å². The molecule has 0 spiro atoms. The third kappa shape index (κ3) is 3.27. The summed E-state index contributed by atoms with van der Waals surface area (Å²) < 4.78 is 0. The maximum atomic E-state index is 11.7. The number of aliphatic carboxylic acids is 1. The summed E-state index contributed by atoms with van der Waals surface area (Å²) in [5.41, 5.74) is 0.492. The average molecular weight is 335 g/mol. The lowest BCUT2D eigenvalue weighted by Crippen LogP contribution is -2.17. The highest BCUT2D eigenvalue weighted by Crippen LogP contribution is 2.39. The second kappa shape index (κ2) is 6.35. The molecule has 0 bridgehead atoms. The average Bonchev–Trinajstić information content (AvgIpc) is 3.16. The quantitative estimate of drug-likeness (QED) is 0.812. The first-order valence-corrected chi connectivity index (χ1v) is 8.24. The van der Waals surface area contributed by atoms with E-state index >= 15 is 0 Å². The van der Waals surface area contributed by atoms with Crippen LogP contribution in [0, 0.1) is 5.92 Å². The highest BCUT2D eigenvalue weighted by molar-refractivity contribution is 6.31. The fraction of sp³-hybridized carbons (Fsp3) is 0.562. The van der Waals surface area contributed by atoms with Gasteiger partial charge in [0, 0.05) is 10.6 Å². The van der Waals surface area contributed by atoms with Gasteiger partial charge < -0.3 is 5.11 Å². The van der Waals surface area contributed by atoms with E-state index in [1.54, 1.807) is 19.1 Å². The number of carbonyl (C=O) groups is 1. The topological polar surface area (TPSA) is 86.7 Å². The molecule has 0 aromatic heterocycles. The molecule has 0 saturated heterocycles. The van der Waals surface area contributed by atoms with Crippen LogP contribution in [0.15, 0.2) is 38.9 Å². The fourth-order valence-electron chi connectivity index (χ4n) is 3.43. The molecule has 6 nitrogen and oxygen atoms in total. The Balaban J connectivity index is 1.86. The molecule has 23 heavy (non-hydrogen) atoms. The van der Waals surface area contributed by atoms with Crippen molar-refractivity contribution in [3.05, 3.63) is 34.3 Å². The Morgan fingerprint density at radius 3 is 2.57 bits per heavy atom. The first-order chi connectivity index (χ1) is 11.0. The van der Waals surface area contributed by atoms with E-state index in [2.05, 4.69) is 20.7 Å². The molecule has 1 fully saturated rings. The number of hydrogen-bond donors (Lipinski definition) is 1. The standard InChI is InChI=1S/C16H19ClN4O2/c1-16(18-20-21-19-16)13-7-6-11(9-14(13)17)12(15(22)23)8-10-4-2-3-5-10/h6-7,9-10,12H,2-5,8H2,1H3,(H,22,23). The van der Waals surface area contributed by atoms with E-state index in [1.165, 1.54) is 12.8 Å². The Morgan fingerprint density at radius 1 is 1.35 bits per heavy atom. The normalized spacial score (nSPS) is 21.0. The van der Waals surface area contributed by atoms with Gasteiger partial charge in [-0.15, -0.1) is 10.2 Å². The van der Waals surface area contributed by atoms with Gasteiger partial charge in [-0.2, -0.15) is 0 Å². The number of carboxylic acids is 1. The van der Waals surface area contributed by atoms with Crippen molar-refractivity contribution in [1.29, 1.82) is 0 Å². The zero-order chi connectivity index (χ0) is 16.4. The largest absolute Gasteiger partial charge is 0.481 e. The van der Waals surface area contributed by atoms with Gasteiger partial charge in [0.2, 0.25) is 5.66 Å². The third-order valence-corrected chi connectivity index (χ3v) is 5.08. The Labute approximate surface area is 139 Å². The summed E-state index contributed by atoms with van der Waals surface area (Å²) in [7, 11) is 0. The number of rotatable bonds is 5. The fourth-order valence-corrected chi connectivity index (χ4v) is 3.80. The molecule has 1 aliphatic heterocycles. The molecule has 3 rings (SSSR count). The second-order valence-electron chi connectivity index (χ2n) is 6.42. The lowest BCUT2D eigenvalue weighted by atomic mass is 9.87. The minimum Gasteiger partial charge on any atom is -0.481 e. The van der Waals surface area contributed by atoms with Crippen LogP contribution in [0.3, 0.4) is 0 Å². The van der Waals surface area contributed by atoms with Crippen LogP contribution in [0.1, 0.15) is 56.1 Å². The molecule has 0 radical (unpaired) electrons. The van der Waals surface area contributed by atoms with E-state index in [1.807, 2.05) is 6.07 Å². The van der Waals surface area contributed by atoms with Crippen molar-refractivity contribution in [2.24, 2.45) is 26.6 Å². The first-order valence-electron chi connectivity index (χ1n) is 7.86. The van der Waals surface area contributed by atoms with Gasteiger partial charge in [0.1, 0.15) is 0 Å². The molecule has 0 amide bonds. The summed E-state index contributed by atoms with van der Waals surface area (Å²) in [6.07, 6.45) is 5.31. The van der Waals surface area contributed by atoms with E-state index in [4.69, 9.17) is 11.6 Å². The Bertz CT molecular complexity index is 656. The van der Waals surface area contributed by atoms with Crippen molar-refractivity contribution in [3.8, 4) is 0 Å². The summed E-state index contributed by atoms with van der Waals surface area (Å²) in [5.74, 6) is -0.832. The predicted octanol–water partition coefficient (Wildman–Crippen LogP) is 5.09. The van der Waals surface area contributed by atoms with Crippen LogP contribution < -0.4 is 0 Å². The summed E-state index contributed by atoms with van der Waals surface area (Å²) >= 11 is 6.37. The van der Waals surface area contributed by atoms with Crippen LogP contribution in [0.5, 0.6) is 0 Å². The Kier molecular flexibility index (Phi) is 4.43. The molecule has 1 heterocycles. The molecular formula is C16H19ClN4O2. The van der Waals surface area contributed by atoms with Crippen LogP contribution in [0.25, 0.3) is 0 Å². The molecular weight excluding hydrogens is 316 g/mol. The van der Waals surface area contributed by atoms with Gasteiger partial charge in [-0.1, -0.05) is 49.4 Å². The second-order valence-corrected chi connectivity index (χ2v) is 6.82. The molecule has 1 N–H and O–H groups in total. The van der Waals surface area contributed by atoms with E-state index in [9.17, 15) is 9.90 Å². The highest BCUT2D eigenvalue weighted by atomic mass is 35.5. The minimum atomic E-state index is -0.917. The van der Waals surface area contributed by atoms with Crippen LogP contribution in [-0.4, -0.2) is 11.1 Å². The molecule has 2 aliphatic rings. The lowest BCUT2D eigenvalue weighted by molar-refractivity contribution is -0.139. The van der Waals surface area contributed by atoms with Crippen LogP contribution in [0.4, 0.5) is 0 Å². The monoisotopic (exact) mass is 334 g/mol. The van der Waals surface area contributed by atoms with Gasteiger partial charge in [-0.25, -0.2) is 0 Å². The van der Waals surface area contributed by atoms with E-state index in [-0.39, 0.29) is 0 Å². The predicted molar refractivity (Wildman–Crippen MR) is 85.5 cm³/mol. The number of carboxylic acid groups (broad SMARTS) is 1. The van der Waals surface area contributed by atoms with E-state index in [0.29, 0.717) is 22.9 Å². The van der Waals surface area contributed by atoms with Crippen molar-refractivity contribution >= 4 is 17.6 Å². The van der Waals surface area contributed by atoms with Gasteiger partial charge in [-0.05, 0) is 41.3 Å². The Hall–Kier alpha value is -1.82. The van der Waals surface area contributed by atoms with Crippen molar-refractivity contribution in [1.82, 2.24) is 0 Å². The minimum absolute atomic E-state index is 0.447. The Morgan fingerprint density at radius 2 is 2.00 bits per heavy atom. The van der Waals surface area contributed by atoms with Gasteiger partial charge in [-0.3, -0.25) is 4.79 Å². The van der Waals surface area contributed by atoms with Gasteiger partial charge >= 0.3 is 5.97 Å². The van der Waals surface area contributed by atoms with E-state index in [0.717, 1.165) is 18.4 Å². The van der Waals surface area contributed by atoms with E-state index < -0.39 is 17.6 Å². The first kappa shape index (κ1) is 16.1. The van der Waals surface area contributed by atoms with Crippen LogP contribution in [-0.2, 0) is 10.5 Å². The molecule has 7 heteroatoms. The summed E-state index contributed by atoms with van der Waals surface area (Å²) in [4.78, 5) is 11.7. The van der Waals surface area contributed by atoms with Crippen molar-refractivity contribution in [2.45, 2.75) is 50.6 Å². The van der Waals surface area contributed by atoms with Gasteiger partial charge in [0.25, 0.3) is 0 Å². The number of nitrogens with zero attached hydrogens (tertiary/aromatic N) is 4. The number of benzene rings is 1. The smallest absolute Gasteiger partial charge is 0.310 e. The molecule has 122 valence electrons. The lowest BCUT2D eigenvalue weighted by Gasteiger charge is -2.20. The molecule has 1 unspecified atom stereocenters. The molecule has 1 aromatic rings. The van der Waals surface area contributed by atoms with Crippen LogP contribution in [0.2, 0.25) is 5.02 Å². The zero-order valence-electron chi connectivity index (χ0n) is 12.9. The summed E-state index contributed by atoms with van der Waals surface area (Å²) in [5, 5.41) is 25.1. The maximum Gasteiger partial charge on any atom is 0.310 e. The molecule has 1 atom stereocenters. The highest BCUT2D eigenvalue weighted by Gasteiger charge is 2.33. The SMILES string of the molecule is CC1(c2ccc(C(CC3CCCC3)C(=O)O)cc2Cl)N=NN=N1. The van der Waals surface area contributed by atoms with Gasteiger partial charge in [0.15, 0.2) is 0 Å². The van der Waals surface area contributed by atoms with Crippen molar-refractivity contribution in [2.75, 3.05) is 0 Å². The maximum absolute atomic E-state index is 11.7. The summed E-state index contributed by atoms with van der Waals surface area (Å²) in [6.45, 7) is 1.76. The number of halogens is 1. The molecule has 1 aromatic carbocycles. The van der Waals surface area contributed by atoms with Crippen LogP contribution >= 0.6 is 11.6 Å². The third-order valence-electron chi connectivity index (χ3n) is 4.77. The molecule has 1 aliphatic carbocycles. The molecule has 1 saturated carbocycles. The summed E-state index contributed by atoms with van der Waals surface area (Å²) in [6, 6.07) is 5.31. The van der Waals surface area contributed by atoms with Gasteiger partial charge in [0.05, 0.1) is 5.92 Å².